The summed E-state index contributed by atoms with van der Waals surface area (Å²) in [6, 6.07) is 5.96. The summed E-state index contributed by atoms with van der Waals surface area (Å²) in [6.07, 6.45) is -5.64. The quantitative estimate of drug-likeness (QED) is 0.511. The van der Waals surface area contributed by atoms with Crippen molar-refractivity contribution in [1.29, 1.82) is 0 Å². The van der Waals surface area contributed by atoms with Crippen molar-refractivity contribution < 1.29 is 37.4 Å². The number of aliphatic carboxylic acids is 1. The average Bonchev–Trinajstić information content (AvgIpc) is 3.03. The molecule has 1 aliphatic heterocycles. The monoisotopic (exact) mass is 465 g/mol. The molecule has 1 unspecified atom stereocenters. The van der Waals surface area contributed by atoms with Gasteiger partial charge >= 0.3 is 12.1 Å². The zero-order valence-corrected chi connectivity index (χ0v) is 16.8. The van der Waals surface area contributed by atoms with Gasteiger partial charge in [-0.25, -0.2) is 4.39 Å². The first-order valence-electron chi connectivity index (χ1n) is 9.42. The SMILES string of the molecule is CN1c2cc(F)cc3c(O)c(C(=O)NCC(=O)O)c(=O)n(c23)C1c1ccc(C(F)(F)F)cc1. The lowest BCUT2D eigenvalue weighted by Crippen LogP contribution is -2.38. The molecule has 0 spiro atoms. The summed E-state index contributed by atoms with van der Waals surface area (Å²) in [6.45, 7) is -0.841. The van der Waals surface area contributed by atoms with Crippen LogP contribution in [0.5, 0.6) is 5.75 Å². The Morgan fingerprint density at radius 1 is 1.15 bits per heavy atom. The predicted molar refractivity (Wildman–Crippen MR) is 108 cm³/mol. The number of aromatic nitrogens is 1. The zero-order valence-electron chi connectivity index (χ0n) is 16.8. The van der Waals surface area contributed by atoms with E-state index in [-0.39, 0.29) is 22.2 Å². The van der Waals surface area contributed by atoms with E-state index >= 15 is 0 Å². The topological polar surface area (TPSA) is 112 Å². The highest BCUT2D eigenvalue weighted by atomic mass is 19.4. The van der Waals surface area contributed by atoms with Crippen LogP contribution in [-0.4, -0.2) is 40.2 Å². The Labute approximate surface area is 182 Å². The molecule has 1 aliphatic rings. The van der Waals surface area contributed by atoms with Gasteiger partial charge < -0.3 is 20.4 Å². The maximum absolute atomic E-state index is 14.3. The van der Waals surface area contributed by atoms with Gasteiger partial charge in [0.25, 0.3) is 11.5 Å². The minimum absolute atomic E-state index is 0.0704. The molecule has 2 aromatic carbocycles. The highest BCUT2D eigenvalue weighted by Crippen LogP contribution is 2.44. The Bertz CT molecular complexity index is 1370. The number of anilines is 1. The molecule has 0 saturated carbocycles. The van der Waals surface area contributed by atoms with Crippen LogP contribution in [0.3, 0.4) is 0 Å². The lowest BCUT2D eigenvalue weighted by atomic mass is 10.1. The first-order chi connectivity index (χ1) is 15.4. The van der Waals surface area contributed by atoms with E-state index in [2.05, 4.69) is 0 Å². The molecule has 8 nitrogen and oxygen atoms in total. The van der Waals surface area contributed by atoms with E-state index in [4.69, 9.17) is 5.11 Å². The number of hydrogen-bond acceptors (Lipinski definition) is 5. The Hall–Kier alpha value is -4.09. The normalized spacial score (nSPS) is 15.2. The summed E-state index contributed by atoms with van der Waals surface area (Å²) < 4.78 is 54.3. The van der Waals surface area contributed by atoms with Gasteiger partial charge in [0.1, 0.15) is 29.8 Å². The summed E-state index contributed by atoms with van der Waals surface area (Å²) in [7, 11) is 1.48. The van der Waals surface area contributed by atoms with Gasteiger partial charge in [-0.05, 0) is 29.8 Å². The van der Waals surface area contributed by atoms with Crippen LogP contribution in [0.4, 0.5) is 23.2 Å². The van der Waals surface area contributed by atoms with Crippen LogP contribution in [0, 0.1) is 5.82 Å². The molecule has 33 heavy (non-hydrogen) atoms. The van der Waals surface area contributed by atoms with Crippen LogP contribution in [-0.2, 0) is 11.0 Å². The van der Waals surface area contributed by atoms with Gasteiger partial charge in [0.2, 0.25) is 0 Å². The number of alkyl halides is 3. The molecule has 0 radical (unpaired) electrons. The van der Waals surface area contributed by atoms with Crippen molar-refractivity contribution in [3.8, 4) is 5.75 Å². The van der Waals surface area contributed by atoms with Crippen LogP contribution in [0.1, 0.15) is 27.7 Å². The van der Waals surface area contributed by atoms with Gasteiger partial charge in [-0.3, -0.25) is 19.0 Å². The Kier molecular flexibility index (Phi) is 5.03. The zero-order chi connectivity index (χ0) is 24.2. The number of carbonyl (C=O) groups excluding carboxylic acids is 1. The Morgan fingerprint density at radius 2 is 1.79 bits per heavy atom. The summed E-state index contributed by atoms with van der Waals surface area (Å²) in [5.74, 6) is -4.23. The van der Waals surface area contributed by atoms with Crippen molar-refractivity contribution in [2.75, 3.05) is 18.5 Å². The highest BCUT2D eigenvalue weighted by Gasteiger charge is 2.37. The lowest BCUT2D eigenvalue weighted by Gasteiger charge is -2.25. The van der Waals surface area contributed by atoms with Gasteiger partial charge in [0.05, 0.1) is 16.8 Å². The fourth-order valence-electron chi connectivity index (χ4n) is 3.95. The minimum atomic E-state index is -4.58. The first kappa shape index (κ1) is 22.1. The third-order valence-electron chi connectivity index (χ3n) is 5.37. The highest BCUT2D eigenvalue weighted by molar-refractivity contribution is 6.06. The number of aromatic hydroxyl groups is 1. The molecule has 172 valence electrons. The van der Waals surface area contributed by atoms with E-state index in [1.54, 1.807) is 0 Å². The smallest absolute Gasteiger partial charge is 0.416 e. The number of rotatable bonds is 4. The molecule has 0 saturated heterocycles. The number of benzene rings is 2. The maximum atomic E-state index is 14.3. The summed E-state index contributed by atoms with van der Waals surface area (Å²) in [5.41, 5.74) is -2.28. The van der Waals surface area contributed by atoms with Crippen molar-refractivity contribution in [3.63, 3.8) is 0 Å². The second-order valence-electron chi connectivity index (χ2n) is 7.40. The van der Waals surface area contributed by atoms with Gasteiger partial charge in [-0.1, -0.05) is 12.1 Å². The van der Waals surface area contributed by atoms with Crippen LogP contribution in [0.15, 0.2) is 41.2 Å². The van der Waals surface area contributed by atoms with Crippen molar-refractivity contribution in [3.05, 3.63) is 69.3 Å². The summed E-state index contributed by atoms with van der Waals surface area (Å²) in [5, 5.41) is 21.2. The van der Waals surface area contributed by atoms with Crippen molar-refractivity contribution in [2.24, 2.45) is 0 Å². The number of carboxylic acid groups (broad SMARTS) is 1. The van der Waals surface area contributed by atoms with Crippen molar-refractivity contribution in [1.82, 2.24) is 9.88 Å². The lowest BCUT2D eigenvalue weighted by molar-refractivity contribution is -0.138. The van der Waals surface area contributed by atoms with E-state index in [9.17, 15) is 37.1 Å². The molecule has 3 N–H and O–H groups in total. The molecule has 3 aromatic rings. The summed E-state index contributed by atoms with van der Waals surface area (Å²) in [4.78, 5) is 38.0. The summed E-state index contributed by atoms with van der Waals surface area (Å²) >= 11 is 0. The predicted octanol–water partition coefficient (Wildman–Crippen LogP) is 2.68. The van der Waals surface area contributed by atoms with Crippen LogP contribution < -0.4 is 15.8 Å². The van der Waals surface area contributed by atoms with Crippen LogP contribution in [0.2, 0.25) is 0 Å². The van der Waals surface area contributed by atoms with E-state index in [0.717, 1.165) is 41.0 Å². The largest absolute Gasteiger partial charge is 0.506 e. The number of pyridine rings is 1. The number of carboxylic acids is 1. The number of amides is 1. The fraction of sp³-hybridized carbons (Fsp3) is 0.190. The molecule has 0 bridgehead atoms. The molecule has 2 heterocycles. The van der Waals surface area contributed by atoms with Crippen LogP contribution >= 0.6 is 0 Å². The number of halogens is 4. The number of hydrogen-bond donors (Lipinski definition) is 3. The number of carbonyl (C=O) groups is 2. The van der Waals surface area contributed by atoms with Crippen molar-refractivity contribution >= 4 is 28.5 Å². The van der Waals surface area contributed by atoms with Crippen LogP contribution in [0.25, 0.3) is 10.9 Å². The van der Waals surface area contributed by atoms with Gasteiger partial charge in [-0.2, -0.15) is 13.2 Å². The van der Waals surface area contributed by atoms with E-state index < -0.39 is 59.0 Å². The number of nitrogens with zero attached hydrogens (tertiary/aromatic N) is 2. The third kappa shape index (κ3) is 3.52. The van der Waals surface area contributed by atoms with E-state index in [1.165, 1.54) is 11.9 Å². The standard InChI is InChI=1S/C21H15F4N3O5/c1-27-13-7-11(22)6-12-16(13)28(19(27)9-2-4-10(5-3-9)21(23,24)25)20(33)15(17(12)31)18(32)26-8-14(29)30/h2-7,19,31H,8H2,1H3,(H,26,32)(H,29,30). The molecule has 4 rings (SSSR count). The minimum Gasteiger partial charge on any atom is -0.506 e. The fourth-order valence-corrected chi connectivity index (χ4v) is 3.95. The first-order valence-corrected chi connectivity index (χ1v) is 9.42. The third-order valence-corrected chi connectivity index (χ3v) is 5.37. The molecule has 0 fully saturated rings. The Morgan fingerprint density at radius 3 is 2.36 bits per heavy atom. The number of nitrogens with one attached hydrogen (secondary N) is 1. The molecule has 1 amide bonds. The maximum Gasteiger partial charge on any atom is 0.416 e. The second kappa shape index (κ2) is 7.50. The van der Waals surface area contributed by atoms with E-state index in [0.29, 0.717) is 0 Å². The molecular weight excluding hydrogens is 450 g/mol. The molecule has 1 aromatic heterocycles. The average molecular weight is 465 g/mol. The molecule has 0 aliphatic carbocycles. The molecule has 1 atom stereocenters. The van der Waals surface area contributed by atoms with E-state index in [1.807, 2.05) is 5.32 Å². The van der Waals surface area contributed by atoms with Gasteiger partial charge in [0, 0.05) is 12.4 Å². The van der Waals surface area contributed by atoms with Gasteiger partial charge in [0.15, 0.2) is 0 Å². The Balaban J connectivity index is 1.96. The van der Waals surface area contributed by atoms with Gasteiger partial charge in [-0.15, -0.1) is 0 Å². The second-order valence-corrected chi connectivity index (χ2v) is 7.40. The molecule has 12 heteroatoms. The molecular formula is C21H15F4N3O5. The van der Waals surface area contributed by atoms with Crippen molar-refractivity contribution in [2.45, 2.75) is 12.3 Å².